The molecule has 3 aromatic rings. The van der Waals surface area contributed by atoms with Crippen molar-refractivity contribution in [2.45, 2.75) is 13.0 Å². The Morgan fingerprint density at radius 1 is 1.30 bits per heavy atom. The highest BCUT2D eigenvalue weighted by Crippen LogP contribution is 2.29. The molecule has 6 heteroatoms. The summed E-state index contributed by atoms with van der Waals surface area (Å²) in [5, 5.41) is 16.5. The first-order chi connectivity index (χ1) is 11.0. The van der Waals surface area contributed by atoms with Gasteiger partial charge in [0.2, 0.25) is 0 Å². The van der Waals surface area contributed by atoms with Crippen LogP contribution in [0.15, 0.2) is 47.0 Å². The van der Waals surface area contributed by atoms with E-state index in [1.165, 1.54) is 12.1 Å². The highest BCUT2D eigenvalue weighted by molar-refractivity contribution is 6.00. The molecule has 1 atom stereocenters. The van der Waals surface area contributed by atoms with E-state index in [0.717, 1.165) is 0 Å². The van der Waals surface area contributed by atoms with Crippen molar-refractivity contribution in [3.63, 3.8) is 0 Å². The lowest BCUT2D eigenvalue weighted by molar-refractivity contribution is 0.0924. The number of hydrogen-bond donors (Lipinski definition) is 2. The number of fused-ring (bicyclic) bond motifs is 1. The van der Waals surface area contributed by atoms with Crippen LogP contribution < -0.4 is 5.32 Å². The van der Waals surface area contributed by atoms with Gasteiger partial charge in [-0.15, -0.1) is 0 Å². The summed E-state index contributed by atoms with van der Waals surface area (Å²) in [7, 11) is 0. The molecule has 0 aliphatic carbocycles. The molecule has 118 valence electrons. The molecule has 0 radical (unpaired) electrons. The maximum Gasteiger partial charge on any atom is 0.251 e. The molecule has 0 fully saturated rings. The first kappa shape index (κ1) is 15.2. The molecular weight excluding hydrogens is 299 g/mol. The fourth-order valence-corrected chi connectivity index (χ4v) is 2.23. The number of nitrogens with zero attached hydrogens (tertiary/aromatic N) is 1. The van der Waals surface area contributed by atoms with E-state index in [0.29, 0.717) is 27.8 Å². The Bertz CT molecular complexity index is 841. The maximum atomic E-state index is 13.0. The number of benzene rings is 2. The van der Waals surface area contributed by atoms with Crippen molar-refractivity contribution >= 4 is 16.8 Å². The van der Waals surface area contributed by atoms with Gasteiger partial charge in [-0.25, -0.2) is 4.39 Å². The lowest BCUT2D eigenvalue weighted by atomic mass is 10.1. The molecule has 1 unspecified atom stereocenters. The number of aromatic nitrogens is 1. The number of nitrogens with one attached hydrogen (secondary N) is 1. The number of rotatable bonds is 4. The van der Waals surface area contributed by atoms with Gasteiger partial charge in [0, 0.05) is 17.7 Å². The topological polar surface area (TPSA) is 75.4 Å². The van der Waals surface area contributed by atoms with Crippen molar-refractivity contribution in [1.82, 2.24) is 10.5 Å². The van der Waals surface area contributed by atoms with Crippen molar-refractivity contribution in [3.05, 3.63) is 53.8 Å². The molecule has 0 aliphatic rings. The Balaban J connectivity index is 1.97. The number of halogens is 1. The average molecular weight is 314 g/mol. The van der Waals surface area contributed by atoms with Gasteiger partial charge in [-0.3, -0.25) is 4.79 Å². The normalized spacial score (nSPS) is 12.3. The minimum Gasteiger partial charge on any atom is -0.392 e. The summed E-state index contributed by atoms with van der Waals surface area (Å²) in [5.41, 5.74) is 1.72. The molecule has 1 aromatic heterocycles. The number of amides is 1. The Labute approximate surface area is 131 Å². The van der Waals surface area contributed by atoms with E-state index in [1.807, 2.05) is 0 Å². The minimum atomic E-state index is -0.618. The monoisotopic (exact) mass is 314 g/mol. The van der Waals surface area contributed by atoms with Crippen LogP contribution in [0, 0.1) is 5.82 Å². The van der Waals surface area contributed by atoms with Crippen LogP contribution in [0.25, 0.3) is 22.2 Å². The fourth-order valence-electron chi connectivity index (χ4n) is 2.23. The number of carbonyl (C=O) groups excluding carboxylic acids is 1. The number of aliphatic hydroxyl groups is 1. The van der Waals surface area contributed by atoms with Gasteiger partial charge in [0.1, 0.15) is 11.3 Å². The number of carbonyl (C=O) groups is 1. The van der Waals surface area contributed by atoms with E-state index in [9.17, 15) is 14.3 Å². The molecule has 0 bridgehead atoms. The van der Waals surface area contributed by atoms with E-state index >= 15 is 0 Å². The third kappa shape index (κ3) is 3.22. The van der Waals surface area contributed by atoms with Crippen molar-refractivity contribution in [2.24, 2.45) is 0 Å². The smallest absolute Gasteiger partial charge is 0.251 e. The third-order valence-electron chi connectivity index (χ3n) is 3.40. The van der Waals surface area contributed by atoms with Crippen LogP contribution in [0.5, 0.6) is 0 Å². The Morgan fingerprint density at radius 2 is 2.04 bits per heavy atom. The molecule has 2 N–H and O–H groups in total. The van der Waals surface area contributed by atoms with Gasteiger partial charge in [0.15, 0.2) is 5.76 Å². The van der Waals surface area contributed by atoms with Crippen LogP contribution in [0.4, 0.5) is 4.39 Å². The van der Waals surface area contributed by atoms with Crippen LogP contribution in [0.2, 0.25) is 0 Å². The second kappa shape index (κ2) is 6.18. The lowest BCUT2D eigenvalue weighted by Gasteiger charge is -2.07. The van der Waals surface area contributed by atoms with Gasteiger partial charge < -0.3 is 14.9 Å². The summed E-state index contributed by atoms with van der Waals surface area (Å²) >= 11 is 0. The average Bonchev–Trinajstić information content (AvgIpc) is 2.96. The zero-order valence-corrected chi connectivity index (χ0v) is 12.4. The predicted octanol–water partition coefficient (Wildman–Crippen LogP) is 2.74. The molecule has 0 saturated heterocycles. The molecule has 0 saturated carbocycles. The van der Waals surface area contributed by atoms with Gasteiger partial charge in [0.25, 0.3) is 5.91 Å². The SMILES string of the molecule is CC(O)CNC(=O)c1ccc2noc(-c3ccc(F)cc3)c2c1. The quantitative estimate of drug-likeness (QED) is 0.776. The maximum absolute atomic E-state index is 13.0. The highest BCUT2D eigenvalue weighted by atomic mass is 19.1. The summed E-state index contributed by atoms with van der Waals surface area (Å²) in [6.45, 7) is 1.77. The molecule has 2 aromatic carbocycles. The highest BCUT2D eigenvalue weighted by Gasteiger charge is 2.14. The summed E-state index contributed by atoms with van der Waals surface area (Å²) in [5.74, 6) is -0.153. The van der Waals surface area contributed by atoms with Crippen molar-refractivity contribution in [2.75, 3.05) is 6.54 Å². The standard InChI is InChI=1S/C17H15FN2O3/c1-10(21)9-19-17(22)12-4-7-15-14(8-12)16(23-20-15)11-2-5-13(18)6-3-11/h2-8,10,21H,9H2,1H3,(H,19,22). The molecule has 5 nitrogen and oxygen atoms in total. The Kier molecular flexibility index (Phi) is 4.08. The Hall–Kier alpha value is -2.73. The second-order valence-electron chi connectivity index (χ2n) is 5.31. The van der Waals surface area contributed by atoms with Crippen LogP contribution >= 0.6 is 0 Å². The van der Waals surface area contributed by atoms with Gasteiger partial charge in [0.05, 0.1) is 11.5 Å². The molecule has 3 rings (SSSR count). The van der Waals surface area contributed by atoms with Gasteiger partial charge in [-0.1, -0.05) is 5.16 Å². The molecular formula is C17H15FN2O3. The van der Waals surface area contributed by atoms with Crippen LogP contribution in [0.1, 0.15) is 17.3 Å². The largest absolute Gasteiger partial charge is 0.392 e. The van der Waals surface area contributed by atoms with Crippen LogP contribution in [-0.4, -0.2) is 28.8 Å². The summed E-state index contributed by atoms with van der Waals surface area (Å²) < 4.78 is 18.4. The predicted molar refractivity (Wildman–Crippen MR) is 83.4 cm³/mol. The van der Waals surface area contributed by atoms with Gasteiger partial charge in [-0.05, 0) is 49.4 Å². The molecule has 1 heterocycles. The number of hydrogen-bond acceptors (Lipinski definition) is 4. The van der Waals surface area contributed by atoms with Crippen molar-refractivity contribution < 1.29 is 18.8 Å². The Morgan fingerprint density at radius 3 is 2.74 bits per heavy atom. The number of aliphatic hydroxyl groups excluding tert-OH is 1. The van der Waals surface area contributed by atoms with E-state index in [-0.39, 0.29) is 18.3 Å². The van der Waals surface area contributed by atoms with Crippen LogP contribution in [0.3, 0.4) is 0 Å². The van der Waals surface area contributed by atoms with E-state index < -0.39 is 6.10 Å². The van der Waals surface area contributed by atoms with E-state index in [2.05, 4.69) is 10.5 Å². The molecule has 23 heavy (non-hydrogen) atoms. The van der Waals surface area contributed by atoms with E-state index in [1.54, 1.807) is 37.3 Å². The first-order valence-corrected chi connectivity index (χ1v) is 7.16. The minimum absolute atomic E-state index is 0.172. The van der Waals surface area contributed by atoms with Gasteiger partial charge in [-0.2, -0.15) is 0 Å². The molecule has 1 amide bonds. The second-order valence-corrected chi connectivity index (χ2v) is 5.31. The summed E-state index contributed by atoms with van der Waals surface area (Å²) in [4.78, 5) is 12.1. The van der Waals surface area contributed by atoms with Gasteiger partial charge >= 0.3 is 0 Å². The summed E-state index contributed by atoms with van der Waals surface area (Å²) in [6, 6.07) is 10.8. The molecule has 0 spiro atoms. The summed E-state index contributed by atoms with van der Waals surface area (Å²) in [6.07, 6.45) is -0.618. The van der Waals surface area contributed by atoms with Crippen LogP contribution in [-0.2, 0) is 0 Å². The van der Waals surface area contributed by atoms with E-state index in [4.69, 9.17) is 4.52 Å². The zero-order chi connectivity index (χ0) is 16.4. The van der Waals surface area contributed by atoms with Crippen molar-refractivity contribution in [1.29, 1.82) is 0 Å². The first-order valence-electron chi connectivity index (χ1n) is 7.16. The lowest BCUT2D eigenvalue weighted by Crippen LogP contribution is -2.30. The molecule has 0 aliphatic heterocycles. The van der Waals surface area contributed by atoms with Crippen molar-refractivity contribution in [3.8, 4) is 11.3 Å². The third-order valence-corrected chi connectivity index (χ3v) is 3.40. The zero-order valence-electron chi connectivity index (χ0n) is 12.4. The fraction of sp³-hybridized carbons (Fsp3) is 0.176.